The SMILES string of the molecule is O=C(C[C@@H](Cc1ccc(-c2cncnc2)cc1)n1cc(CNC(=O)c2ccc(F)cc2)nn1)NO. The van der Waals surface area contributed by atoms with Gasteiger partial charge in [-0.1, -0.05) is 29.5 Å². The predicted molar refractivity (Wildman–Crippen MR) is 122 cm³/mol. The highest BCUT2D eigenvalue weighted by molar-refractivity contribution is 5.94. The molecule has 35 heavy (non-hydrogen) atoms. The van der Waals surface area contributed by atoms with Crippen LogP contribution in [0.15, 0.2) is 73.4 Å². The molecule has 3 N–H and O–H groups in total. The average Bonchev–Trinajstić information content (AvgIpc) is 3.37. The molecule has 0 fully saturated rings. The minimum atomic E-state index is -0.560. The fraction of sp³-hybridized carbons (Fsp3) is 0.167. The van der Waals surface area contributed by atoms with Crippen LogP contribution in [0.1, 0.15) is 34.1 Å². The summed E-state index contributed by atoms with van der Waals surface area (Å²) in [7, 11) is 0. The summed E-state index contributed by atoms with van der Waals surface area (Å²) in [6.07, 6.45) is 6.97. The smallest absolute Gasteiger partial charge is 0.251 e. The maximum absolute atomic E-state index is 13.0. The Kier molecular flexibility index (Phi) is 7.48. The maximum Gasteiger partial charge on any atom is 0.251 e. The number of carbonyl (C=O) groups is 2. The van der Waals surface area contributed by atoms with Crippen molar-refractivity contribution in [3.63, 3.8) is 0 Å². The van der Waals surface area contributed by atoms with Gasteiger partial charge in [-0.15, -0.1) is 5.10 Å². The van der Waals surface area contributed by atoms with Crippen LogP contribution >= 0.6 is 0 Å². The van der Waals surface area contributed by atoms with Gasteiger partial charge < -0.3 is 5.32 Å². The molecule has 2 aromatic heterocycles. The van der Waals surface area contributed by atoms with Gasteiger partial charge in [-0.05, 0) is 41.8 Å². The van der Waals surface area contributed by atoms with E-state index in [-0.39, 0.29) is 18.9 Å². The van der Waals surface area contributed by atoms with Gasteiger partial charge in [-0.2, -0.15) is 0 Å². The Bertz CT molecular complexity index is 1280. The Morgan fingerprint density at radius 2 is 1.71 bits per heavy atom. The number of amides is 2. The van der Waals surface area contributed by atoms with Crippen LogP contribution in [-0.2, 0) is 17.8 Å². The number of benzene rings is 2. The topological polar surface area (TPSA) is 135 Å². The molecule has 0 saturated heterocycles. The van der Waals surface area contributed by atoms with E-state index in [0.29, 0.717) is 17.7 Å². The second-order valence-corrected chi connectivity index (χ2v) is 7.80. The first-order chi connectivity index (χ1) is 17.0. The Morgan fingerprint density at radius 3 is 2.40 bits per heavy atom. The largest absolute Gasteiger partial charge is 0.346 e. The van der Waals surface area contributed by atoms with Crippen LogP contribution in [0.2, 0.25) is 0 Å². The number of rotatable bonds is 9. The number of hydroxylamine groups is 1. The highest BCUT2D eigenvalue weighted by atomic mass is 19.1. The zero-order chi connectivity index (χ0) is 24.6. The molecule has 11 heteroatoms. The minimum absolute atomic E-state index is 0.0322. The highest BCUT2D eigenvalue weighted by Crippen LogP contribution is 2.22. The van der Waals surface area contributed by atoms with Crippen LogP contribution in [0, 0.1) is 5.82 Å². The molecule has 178 valence electrons. The van der Waals surface area contributed by atoms with Crippen LogP contribution < -0.4 is 10.8 Å². The molecule has 4 aromatic rings. The lowest BCUT2D eigenvalue weighted by molar-refractivity contribution is -0.130. The molecular weight excluding hydrogens is 453 g/mol. The molecule has 2 amide bonds. The average molecular weight is 475 g/mol. The molecule has 0 bridgehead atoms. The van der Waals surface area contributed by atoms with E-state index in [1.54, 1.807) is 24.1 Å². The molecule has 0 spiro atoms. The van der Waals surface area contributed by atoms with Crippen molar-refractivity contribution in [2.24, 2.45) is 0 Å². The number of hydrogen-bond donors (Lipinski definition) is 3. The first-order valence-electron chi connectivity index (χ1n) is 10.7. The molecule has 10 nitrogen and oxygen atoms in total. The Morgan fingerprint density at radius 1 is 1.00 bits per heavy atom. The number of nitrogens with zero attached hydrogens (tertiary/aromatic N) is 5. The van der Waals surface area contributed by atoms with Gasteiger partial charge in [0.1, 0.15) is 17.8 Å². The van der Waals surface area contributed by atoms with Crippen molar-refractivity contribution in [3.05, 3.63) is 96.1 Å². The lowest BCUT2D eigenvalue weighted by Gasteiger charge is -2.16. The molecule has 0 radical (unpaired) electrons. The quantitative estimate of drug-likeness (QED) is 0.250. The zero-order valence-corrected chi connectivity index (χ0v) is 18.5. The van der Waals surface area contributed by atoms with Crippen LogP contribution in [0.3, 0.4) is 0 Å². The molecule has 0 aliphatic carbocycles. The van der Waals surface area contributed by atoms with E-state index < -0.39 is 17.8 Å². The Balaban J connectivity index is 1.44. The second kappa shape index (κ2) is 11.1. The van der Waals surface area contributed by atoms with E-state index in [1.165, 1.54) is 35.3 Å². The summed E-state index contributed by atoms with van der Waals surface area (Å²) < 4.78 is 14.6. The van der Waals surface area contributed by atoms with E-state index in [2.05, 4.69) is 25.6 Å². The third-order valence-electron chi connectivity index (χ3n) is 5.33. The van der Waals surface area contributed by atoms with Crippen molar-refractivity contribution in [1.29, 1.82) is 0 Å². The van der Waals surface area contributed by atoms with E-state index in [1.807, 2.05) is 24.3 Å². The summed E-state index contributed by atoms with van der Waals surface area (Å²) in [5.41, 5.74) is 5.25. The summed E-state index contributed by atoms with van der Waals surface area (Å²) in [5.74, 6) is -1.36. The highest BCUT2D eigenvalue weighted by Gasteiger charge is 2.19. The van der Waals surface area contributed by atoms with Crippen molar-refractivity contribution in [3.8, 4) is 11.1 Å². The van der Waals surface area contributed by atoms with Crippen LogP contribution in [0.25, 0.3) is 11.1 Å². The van der Waals surface area contributed by atoms with Crippen LogP contribution in [0.4, 0.5) is 4.39 Å². The second-order valence-electron chi connectivity index (χ2n) is 7.80. The summed E-state index contributed by atoms with van der Waals surface area (Å²) in [6.45, 7) is 0.100. The molecule has 4 rings (SSSR count). The fourth-order valence-electron chi connectivity index (χ4n) is 3.52. The van der Waals surface area contributed by atoms with Crippen molar-refractivity contribution < 1.29 is 19.2 Å². The molecular formula is C24H22FN7O3. The van der Waals surface area contributed by atoms with E-state index in [9.17, 15) is 14.0 Å². The number of aromatic nitrogens is 5. The van der Waals surface area contributed by atoms with Gasteiger partial charge in [-0.3, -0.25) is 14.8 Å². The van der Waals surface area contributed by atoms with Gasteiger partial charge in [0.05, 0.1) is 25.2 Å². The third kappa shape index (κ3) is 6.30. The molecule has 1 atom stereocenters. The standard InChI is InChI=1S/C24H22FN7O3/c25-20-7-5-18(6-8-20)24(34)28-13-21-14-32(31-29-21)22(10-23(33)30-35)9-16-1-3-17(4-2-16)19-11-26-15-27-12-19/h1-8,11-12,14-15,22,35H,9-10,13H2,(H,28,34)(H,30,33)/t22-/m1/s1. The molecule has 2 aromatic carbocycles. The fourth-order valence-corrected chi connectivity index (χ4v) is 3.52. The minimum Gasteiger partial charge on any atom is -0.346 e. The van der Waals surface area contributed by atoms with Gasteiger partial charge in [0, 0.05) is 23.5 Å². The monoisotopic (exact) mass is 475 g/mol. The van der Waals surface area contributed by atoms with Crippen molar-refractivity contribution in [2.45, 2.75) is 25.4 Å². The molecule has 0 aliphatic heterocycles. The van der Waals surface area contributed by atoms with Crippen molar-refractivity contribution in [2.75, 3.05) is 0 Å². The molecule has 0 saturated carbocycles. The van der Waals surface area contributed by atoms with Crippen LogP contribution in [0.5, 0.6) is 0 Å². The lowest BCUT2D eigenvalue weighted by Crippen LogP contribution is -2.25. The number of hydrogen-bond acceptors (Lipinski definition) is 7. The zero-order valence-electron chi connectivity index (χ0n) is 18.5. The Labute approximate surface area is 199 Å². The van der Waals surface area contributed by atoms with Gasteiger partial charge in [0.25, 0.3) is 5.91 Å². The van der Waals surface area contributed by atoms with E-state index >= 15 is 0 Å². The summed E-state index contributed by atoms with van der Waals surface area (Å²) in [5, 5.41) is 19.9. The number of halogens is 1. The van der Waals surface area contributed by atoms with Crippen molar-refractivity contribution >= 4 is 11.8 Å². The van der Waals surface area contributed by atoms with Gasteiger partial charge >= 0.3 is 0 Å². The summed E-state index contributed by atoms with van der Waals surface area (Å²) in [4.78, 5) is 32.2. The van der Waals surface area contributed by atoms with Crippen molar-refractivity contribution in [1.82, 2.24) is 35.8 Å². The van der Waals surface area contributed by atoms with Gasteiger partial charge in [0.15, 0.2) is 0 Å². The normalized spacial score (nSPS) is 11.6. The maximum atomic E-state index is 13.0. The Hall–Kier alpha value is -4.51. The van der Waals surface area contributed by atoms with Crippen LogP contribution in [-0.4, -0.2) is 42.0 Å². The van der Waals surface area contributed by atoms with E-state index in [0.717, 1.165) is 16.7 Å². The molecule has 0 unspecified atom stereocenters. The van der Waals surface area contributed by atoms with E-state index in [4.69, 9.17) is 5.21 Å². The third-order valence-corrected chi connectivity index (χ3v) is 5.33. The summed E-state index contributed by atoms with van der Waals surface area (Å²) in [6, 6.07) is 12.5. The summed E-state index contributed by atoms with van der Waals surface area (Å²) >= 11 is 0. The predicted octanol–water partition coefficient (Wildman–Crippen LogP) is 2.48. The first kappa shape index (κ1) is 23.6. The number of carbonyl (C=O) groups excluding carboxylic acids is 2. The molecule has 0 aliphatic rings. The lowest BCUT2D eigenvalue weighted by atomic mass is 10.0. The first-order valence-corrected chi connectivity index (χ1v) is 10.7. The molecule has 2 heterocycles. The van der Waals surface area contributed by atoms with Gasteiger partial charge in [0.2, 0.25) is 5.91 Å². The van der Waals surface area contributed by atoms with Gasteiger partial charge in [-0.25, -0.2) is 24.5 Å². The number of nitrogens with one attached hydrogen (secondary N) is 2.